The van der Waals surface area contributed by atoms with Crippen LogP contribution in [-0.4, -0.2) is 27.5 Å². The van der Waals surface area contributed by atoms with Gasteiger partial charge in [0.25, 0.3) is 0 Å². The lowest BCUT2D eigenvalue weighted by atomic mass is 10.2. The molecule has 2 aromatic heterocycles. The molecular formula is C18H18BrN3OS2. The molecule has 1 atom stereocenters. The van der Waals surface area contributed by atoms with E-state index in [2.05, 4.69) is 72.5 Å². The first-order valence-electron chi connectivity index (χ1n) is 8.25. The summed E-state index contributed by atoms with van der Waals surface area (Å²) in [6.07, 6.45) is 2.52. The Kier molecular flexibility index (Phi) is 5.55. The van der Waals surface area contributed by atoms with Crippen LogP contribution in [0.1, 0.15) is 18.4 Å². The minimum absolute atomic E-state index is 0.266. The summed E-state index contributed by atoms with van der Waals surface area (Å²) in [5.74, 6) is 1.82. The number of rotatable bonds is 6. The summed E-state index contributed by atoms with van der Waals surface area (Å²) >= 11 is 6.91. The fourth-order valence-corrected chi connectivity index (χ4v) is 4.75. The van der Waals surface area contributed by atoms with Crippen LogP contribution in [0.2, 0.25) is 0 Å². The van der Waals surface area contributed by atoms with Crippen molar-refractivity contribution in [3.8, 4) is 10.7 Å². The smallest absolute Gasteiger partial charge is 0.191 e. The van der Waals surface area contributed by atoms with Crippen molar-refractivity contribution in [1.82, 2.24) is 14.8 Å². The van der Waals surface area contributed by atoms with Gasteiger partial charge in [0.05, 0.1) is 17.5 Å². The normalized spacial score (nSPS) is 17.2. The van der Waals surface area contributed by atoms with Crippen molar-refractivity contribution in [3.05, 3.63) is 51.8 Å². The first-order valence-corrected chi connectivity index (χ1v) is 10.9. The molecule has 1 aromatic carbocycles. The Hall–Kier alpha value is -1.15. The summed E-state index contributed by atoms with van der Waals surface area (Å²) in [7, 11) is 0. The molecule has 25 heavy (non-hydrogen) atoms. The highest BCUT2D eigenvalue weighted by Gasteiger charge is 2.22. The van der Waals surface area contributed by atoms with E-state index < -0.39 is 0 Å². The summed E-state index contributed by atoms with van der Waals surface area (Å²) in [4.78, 5) is 1.15. The molecule has 130 valence electrons. The van der Waals surface area contributed by atoms with Gasteiger partial charge in [-0.2, -0.15) is 0 Å². The van der Waals surface area contributed by atoms with Gasteiger partial charge in [0.1, 0.15) is 0 Å². The second kappa shape index (κ2) is 8.03. The zero-order valence-corrected chi connectivity index (χ0v) is 16.8. The third kappa shape index (κ3) is 4.16. The lowest BCUT2D eigenvalue weighted by molar-refractivity contribution is 0.0953. The predicted molar refractivity (Wildman–Crippen MR) is 106 cm³/mol. The van der Waals surface area contributed by atoms with Gasteiger partial charge in [0, 0.05) is 16.8 Å². The Morgan fingerprint density at radius 3 is 2.84 bits per heavy atom. The van der Waals surface area contributed by atoms with Gasteiger partial charge < -0.3 is 4.74 Å². The zero-order valence-electron chi connectivity index (χ0n) is 13.6. The SMILES string of the molecule is Brc1ccc(CSc2nnc(-c3cccs3)n2CC2CCCO2)cc1. The van der Waals surface area contributed by atoms with Gasteiger partial charge in [0.15, 0.2) is 11.0 Å². The van der Waals surface area contributed by atoms with Crippen molar-refractivity contribution in [1.29, 1.82) is 0 Å². The molecule has 7 heteroatoms. The van der Waals surface area contributed by atoms with E-state index in [-0.39, 0.29) is 6.10 Å². The number of thiophene rings is 1. The average molecular weight is 436 g/mol. The van der Waals surface area contributed by atoms with Gasteiger partial charge in [-0.3, -0.25) is 4.57 Å². The summed E-state index contributed by atoms with van der Waals surface area (Å²) < 4.78 is 9.17. The second-order valence-electron chi connectivity index (χ2n) is 5.94. The van der Waals surface area contributed by atoms with E-state index in [0.29, 0.717) is 0 Å². The molecule has 3 aromatic rings. The van der Waals surface area contributed by atoms with Crippen LogP contribution in [0.4, 0.5) is 0 Å². The van der Waals surface area contributed by atoms with Crippen molar-refractivity contribution in [3.63, 3.8) is 0 Å². The number of benzene rings is 1. The zero-order chi connectivity index (χ0) is 17.1. The van der Waals surface area contributed by atoms with Crippen LogP contribution in [-0.2, 0) is 17.0 Å². The molecular weight excluding hydrogens is 418 g/mol. The average Bonchev–Trinajstić information content (AvgIpc) is 3.37. The Bertz CT molecular complexity index is 811. The van der Waals surface area contributed by atoms with Crippen LogP contribution in [0, 0.1) is 0 Å². The van der Waals surface area contributed by atoms with Gasteiger partial charge in [-0.05, 0) is 42.0 Å². The third-order valence-corrected chi connectivity index (χ3v) is 6.58. The predicted octanol–water partition coefficient (Wildman–Crippen LogP) is 5.24. The maximum absolute atomic E-state index is 5.84. The van der Waals surface area contributed by atoms with Crippen LogP contribution < -0.4 is 0 Å². The van der Waals surface area contributed by atoms with E-state index in [1.54, 1.807) is 23.1 Å². The van der Waals surface area contributed by atoms with Crippen LogP contribution in [0.3, 0.4) is 0 Å². The van der Waals surface area contributed by atoms with E-state index >= 15 is 0 Å². The van der Waals surface area contributed by atoms with Crippen molar-refractivity contribution in [2.75, 3.05) is 6.61 Å². The molecule has 4 nitrogen and oxygen atoms in total. The Balaban J connectivity index is 1.56. The number of hydrogen-bond acceptors (Lipinski definition) is 5. The van der Waals surface area contributed by atoms with Crippen LogP contribution in [0.15, 0.2) is 51.4 Å². The van der Waals surface area contributed by atoms with Gasteiger partial charge >= 0.3 is 0 Å². The van der Waals surface area contributed by atoms with E-state index in [4.69, 9.17) is 4.74 Å². The monoisotopic (exact) mass is 435 g/mol. The largest absolute Gasteiger partial charge is 0.376 e. The maximum atomic E-state index is 5.84. The molecule has 1 saturated heterocycles. The van der Waals surface area contributed by atoms with Crippen LogP contribution >= 0.6 is 39.0 Å². The summed E-state index contributed by atoms with van der Waals surface area (Å²) in [5.41, 5.74) is 1.28. The molecule has 0 aliphatic carbocycles. The standard InChI is InChI=1S/C18H18BrN3OS2/c19-14-7-5-13(6-8-14)12-25-18-21-20-17(16-4-2-10-24-16)22(18)11-15-3-1-9-23-15/h2,4-8,10,15H,1,3,9,11-12H2. The number of ether oxygens (including phenoxy) is 1. The van der Waals surface area contributed by atoms with Crippen molar-refractivity contribution < 1.29 is 4.74 Å². The maximum Gasteiger partial charge on any atom is 0.191 e. The van der Waals surface area contributed by atoms with E-state index in [1.165, 1.54) is 5.56 Å². The molecule has 0 amide bonds. The van der Waals surface area contributed by atoms with Crippen LogP contribution in [0.5, 0.6) is 0 Å². The molecule has 1 aliphatic heterocycles. The van der Waals surface area contributed by atoms with E-state index in [0.717, 1.165) is 52.1 Å². The quantitative estimate of drug-likeness (QED) is 0.496. The second-order valence-corrected chi connectivity index (χ2v) is 8.75. The minimum Gasteiger partial charge on any atom is -0.376 e. The van der Waals surface area contributed by atoms with Gasteiger partial charge in [-0.25, -0.2) is 0 Å². The molecule has 0 saturated carbocycles. The Morgan fingerprint density at radius 1 is 1.24 bits per heavy atom. The number of aromatic nitrogens is 3. The first kappa shape index (κ1) is 17.3. The van der Waals surface area contributed by atoms with Crippen LogP contribution in [0.25, 0.3) is 10.7 Å². The number of thioether (sulfide) groups is 1. The lowest BCUT2D eigenvalue weighted by Crippen LogP contribution is -2.16. The highest BCUT2D eigenvalue weighted by Crippen LogP contribution is 2.30. The molecule has 0 bridgehead atoms. The van der Waals surface area contributed by atoms with Crippen molar-refractivity contribution in [2.45, 2.75) is 36.4 Å². The molecule has 4 rings (SSSR count). The number of nitrogens with zero attached hydrogens (tertiary/aromatic N) is 3. The third-order valence-electron chi connectivity index (χ3n) is 4.15. The Labute approximate surface area is 163 Å². The Morgan fingerprint density at radius 2 is 2.12 bits per heavy atom. The van der Waals surface area contributed by atoms with Gasteiger partial charge in [-0.15, -0.1) is 21.5 Å². The van der Waals surface area contributed by atoms with Gasteiger partial charge in [-0.1, -0.05) is 45.9 Å². The summed E-state index contributed by atoms with van der Waals surface area (Å²) in [5, 5.41) is 12.0. The number of hydrogen-bond donors (Lipinski definition) is 0. The topological polar surface area (TPSA) is 39.9 Å². The summed E-state index contributed by atoms with van der Waals surface area (Å²) in [6.45, 7) is 1.69. The molecule has 3 heterocycles. The minimum atomic E-state index is 0.266. The molecule has 1 aliphatic rings. The molecule has 1 fully saturated rings. The molecule has 0 N–H and O–H groups in total. The van der Waals surface area contributed by atoms with Crippen molar-refractivity contribution >= 4 is 39.0 Å². The fourth-order valence-electron chi connectivity index (χ4n) is 2.87. The number of halogens is 1. The first-order chi connectivity index (χ1) is 12.3. The fraction of sp³-hybridized carbons (Fsp3) is 0.333. The highest BCUT2D eigenvalue weighted by molar-refractivity contribution is 9.10. The highest BCUT2D eigenvalue weighted by atomic mass is 79.9. The lowest BCUT2D eigenvalue weighted by Gasteiger charge is -2.14. The molecule has 0 spiro atoms. The van der Waals surface area contributed by atoms with Crippen molar-refractivity contribution in [2.24, 2.45) is 0 Å². The van der Waals surface area contributed by atoms with E-state index in [9.17, 15) is 0 Å². The molecule has 1 unspecified atom stereocenters. The summed E-state index contributed by atoms with van der Waals surface area (Å²) in [6, 6.07) is 12.6. The van der Waals surface area contributed by atoms with Gasteiger partial charge in [0.2, 0.25) is 0 Å². The molecule has 0 radical (unpaired) electrons. The van der Waals surface area contributed by atoms with E-state index in [1.807, 2.05) is 0 Å².